The molecule has 1 rings (SSSR count). The summed E-state index contributed by atoms with van der Waals surface area (Å²) in [4.78, 5) is 0. The summed E-state index contributed by atoms with van der Waals surface area (Å²) in [6, 6.07) is 0. The van der Waals surface area contributed by atoms with Crippen LogP contribution in [0.3, 0.4) is 0 Å². The average molecular weight is 148 g/mol. The molecule has 0 amide bonds. The van der Waals surface area contributed by atoms with Crippen LogP contribution in [0.25, 0.3) is 0 Å². The first-order chi connectivity index (χ1) is 3.80. The van der Waals surface area contributed by atoms with E-state index in [4.69, 9.17) is 0 Å². The average Bonchev–Trinajstić information content (AvgIpc) is 1.77. The lowest BCUT2D eigenvalue weighted by Crippen LogP contribution is -2.14. The largest absolute Gasteiger partial charge is 0.118 e. The fourth-order valence-electron chi connectivity index (χ4n) is 0.911. The molecular weight excluding hydrogens is 134 g/mol. The van der Waals surface area contributed by atoms with Gasteiger partial charge in [0, 0.05) is 0 Å². The molecule has 0 aliphatic carbocycles. The molecule has 1 fully saturated rings. The predicted octanol–water partition coefficient (Wildman–Crippen LogP) is 2.34. The number of rotatable bonds is 0. The molecule has 4 unspecified atom stereocenters. The van der Waals surface area contributed by atoms with E-state index in [1.807, 2.05) is 0 Å². The Bertz CT molecular complexity index is 62.9. The molecule has 0 nitrogen and oxygen atoms in total. The van der Waals surface area contributed by atoms with Gasteiger partial charge >= 0.3 is 0 Å². The van der Waals surface area contributed by atoms with E-state index < -0.39 is 0 Å². The van der Waals surface area contributed by atoms with Crippen LogP contribution >= 0.6 is 17.2 Å². The van der Waals surface area contributed by atoms with Gasteiger partial charge in [0.1, 0.15) is 0 Å². The Hall–Kier alpha value is 0.860. The van der Waals surface area contributed by atoms with Gasteiger partial charge in [-0.25, -0.2) is 0 Å². The second kappa shape index (κ2) is 3.14. The molecule has 0 bridgehead atoms. The fourth-order valence-corrected chi connectivity index (χ4v) is 4.92. The van der Waals surface area contributed by atoms with Gasteiger partial charge in [-0.05, 0) is 23.6 Å². The molecule has 48 valence electrons. The third-order valence-corrected chi connectivity index (χ3v) is 5.83. The second-order valence-electron chi connectivity index (χ2n) is 2.60. The van der Waals surface area contributed by atoms with Crippen molar-refractivity contribution in [2.24, 2.45) is 5.92 Å². The van der Waals surface area contributed by atoms with Gasteiger partial charge in [0.15, 0.2) is 0 Å². The summed E-state index contributed by atoms with van der Waals surface area (Å²) in [5.41, 5.74) is 1.04. The Balaban J connectivity index is 2.28. The molecule has 4 atom stereocenters. The molecule has 2 heteroatoms. The Morgan fingerprint density at radius 2 is 2.12 bits per heavy atom. The monoisotopic (exact) mass is 148 g/mol. The van der Waals surface area contributed by atoms with Crippen LogP contribution in [0.4, 0.5) is 0 Å². The standard InChI is InChI=1S/C6H14P2/c1-5-3-7-4-8-6(5)2/h5-8H,3-4H2,1-2H3. The van der Waals surface area contributed by atoms with Crippen LogP contribution in [0.5, 0.6) is 0 Å². The maximum Gasteiger partial charge on any atom is -0.0173 e. The fraction of sp³-hybridized carbons (Fsp3) is 1.00. The topological polar surface area (TPSA) is 0 Å². The highest BCUT2D eigenvalue weighted by atomic mass is 31.1. The minimum absolute atomic E-state index is 1.03. The SMILES string of the molecule is CC1CPCPC1C. The lowest BCUT2D eigenvalue weighted by molar-refractivity contribution is 0.644. The minimum Gasteiger partial charge on any atom is -0.118 e. The molecule has 8 heavy (non-hydrogen) atoms. The molecule has 1 heterocycles. The Kier molecular flexibility index (Phi) is 2.73. The van der Waals surface area contributed by atoms with Gasteiger partial charge < -0.3 is 0 Å². The first-order valence-electron chi connectivity index (χ1n) is 3.25. The highest BCUT2D eigenvalue weighted by Gasteiger charge is 2.15. The van der Waals surface area contributed by atoms with Crippen molar-refractivity contribution >= 4 is 17.2 Å². The molecule has 1 saturated heterocycles. The predicted molar refractivity (Wildman–Crippen MR) is 45.0 cm³/mol. The third-order valence-electron chi connectivity index (χ3n) is 1.87. The Morgan fingerprint density at radius 3 is 2.50 bits per heavy atom. The minimum atomic E-state index is 1.03. The molecule has 1 aliphatic heterocycles. The van der Waals surface area contributed by atoms with Crippen molar-refractivity contribution in [3.63, 3.8) is 0 Å². The van der Waals surface area contributed by atoms with Crippen molar-refractivity contribution in [3.8, 4) is 0 Å². The van der Waals surface area contributed by atoms with E-state index in [1.165, 1.54) is 29.2 Å². The molecule has 0 aromatic heterocycles. The van der Waals surface area contributed by atoms with Gasteiger partial charge in [-0.15, -0.1) is 17.2 Å². The van der Waals surface area contributed by atoms with Crippen molar-refractivity contribution in [3.05, 3.63) is 0 Å². The van der Waals surface area contributed by atoms with Crippen LogP contribution < -0.4 is 0 Å². The van der Waals surface area contributed by atoms with Crippen LogP contribution in [0, 0.1) is 5.92 Å². The summed E-state index contributed by atoms with van der Waals surface area (Å²) in [6.07, 6.45) is 1.51. The van der Waals surface area contributed by atoms with Crippen LogP contribution in [0.2, 0.25) is 0 Å². The first-order valence-corrected chi connectivity index (χ1v) is 5.94. The lowest BCUT2D eigenvalue weighted by Gasteiger charge is -2.24. The molecule has 0 N–H and O–H groups in total. The van der Waals surface area contributed by atoms with Gasteiger partial charge in [0.05, 0.1) is 0 Å². The summed E-state index contributed by atoms with van der Waals surface area (Å²) in [5.74, 6) is 2.56. The third kappa shape index (κ3) is 1.67. The van der Waals surface area contributed by atoms with E-state index in [2.05, 4.69) is 13.8 Å². The highest BCUT2D eigenvalue weighted by Crippen LogP contribution is 2.40. The lowest BCUT2D eigenvalue weighted by atomic mass is 10.1. The first kappa shape index (κ1) is 6.97. The van der Waals surface area contributed by atoms with Crippen molar-refractivity contribution in [1.82, 2.24) is 0 Å². The van der Waals surface area contributed by atoms with Crippen LogP contribution in [0.1, 0.15) is 13.8 Å². The smallest absolute Gasteiger partial charge is 0.0173 e. The van der Waals surface area contributed by atoms with E-state index in [0.29, 0.717) is 0 Å². The molecule has 0 spiro atoms. The molecule has 1 aliphatic rings. The van der Waals surface area contributed by atoms with Crippen LogP contribution in [-0.4, -0.2) is 17.7 Å². The molecule has 0 aromatic carbocycles. The van der Waals surface area contributed by atoms with Gasteiger partial charge in [-0.2, -0.15) is 0 Å². The zero-order chi connectivity index (χ0) is 5.98. The van der Waals surface area contributed by atoms with Crippen molar-refractivity contribution in [1.29, 1.82) is 0 Å². The number of hydrogen-bond donors (Lipinski definition) is 0. The molecule has 0 radical (unpaired) electrons. The summed E-state index contributed by atoms with van der Waals surface area (Å²) in [5, 5.41) is 0. The molecule has 0 saturated carbocycles. The van der Waals surface area contributed by atoms with E-state index in [9.17, 15) is 0 Å². The summed E-state index contributed by atoms with van der Waals surface area (Å²) in [6.45, 7) is 4.79. The van der Waals surface area contributed by atoms with Gasteiger partial charge in [0.2, 0.25) is 0 Å². The van der Waals surface area contributed by atoms with Crippen LogP contribution in [0.15, 0.2) is 0 Å². The summed E-state index contributed by atoms with van der Waals surface area (Å²) >= 11 is 0. The van der Waals surface area contributed by atoms with Crippen molar-refractivity contribution in [2.45, 2.75) is 19.5 Å². The maximum absolute atomic E-state index is 2.40. The highest BCUT2D eigenvalue weighted by molar-refractivity contribution is 7.57. The van der Waals surface area contributed by atoms with Gasteiger partial charge in [0.25, 0.3) is 0 Å². The van der Waals surface area contributed by atoms with Crippen molar-refractivity contribution < 1.29 is 0 Å². The Labute approximate surface area is 55.4 Å². The van der Waals surface area contributed by atoms with Gasteiger partial charge in [-0.1, -0.05) is 13.8 Å². The molecule has 0 aromatic rings. The Morgan fingerprint density at radius 1 is 1.38 bits per heavy atom. The maximum atomic E-state index is 2.40. The van der Waals surface area contributed by atoms with E-state index in [0.717, 1.165) is 11.6 Å². The second-order valence-corrected chi connectivity index (χ2v) is 6.24. The normalized spacial score (nSPS) is 45.8. The van der Waals surface area contributed by atoms with E-state index in [1.54, 1.807) is 0 Å². The van der Waals surface area contributed by atoms with Crippen molar-refractivity contribution in [2.75, 3.05) is 12.1 Å². The van der Waals surface area contributed by atoms with Gasteiger partial charge in [-0.3, -0.25) is 0 Å². The molecular formula is C6H14P2. The number of hydrogen-bond acceptors (Lipinski definition) is 0. The van der Waals surface area contributed by atoms with E-state index >= 15 is 0 Å². The summed E-state index contributed by atoms with van der Waals surface area (Å²) in [7, 11) is 2.55. The summed E-state index contributed by atoms with van der Waals surface area (Å²) < 4.78 is 0. The van der Waals surface area contributed by atoms with E-state index in [-0.39, 0.29) is 0 Å². The quantitative estimate of drug-likeness (QED) is 0.462. The zero-order valence-electron chi connectivity index (χ0n) is 5.57. The zero-order valence-corrected chi connectivity index (χ0v) is 7.57. The van der Waals surface area contributed by atoms with Crippen LogP contribution in [-0.2, 0) is 0 Å².